The number of rotatable bonds is 7. The largest absolute Gasteiger partial charge is 0.476 e. The van der Waals surface area contributed by atoms with E-state index in [-0.39, 0.29) is 5.69 Å². The van der Waals surface area contributed by atoms with Crippen LogP contribution in [0.3, 0.4) is 0 Å². The Kier molecular flexibility index (Phi) is 5.25. The second-order valence-electron chi connectivity index (χ2n) is 3.24. The van der Waals surface area contributed by atoms with Gasteiger partial charge in [0, 0.05) is 6.07 Å². The van der Waals surface area contributed by atoms with Crippen molar-refractivity contribution in [3.05, 3.63) is 17.5 Å². The van der Waals surface area contributed by atoms with E-state index in [9.17, 15) is 4.79 Å². The number of nitrogens with zero attached hydrogens (tertiary/aromatic N) is 1. The van der Waals surface area contributed by atoms with Crippen molar-refractivity contribution in [3.63, 3.8) is 0 Å². The lowest BCUT2D eigenvalue weighted by Crippen LogP contribution is -1.94. The van der Waals surface area contributed by atoms with Crippen LogP contribution in [0, 0.1) is 0 Å². The third-order valence-corrected chi connectivity index (χ3v) is 2.98. The molecule has 0 spiro atoms. The maximum Gasteiger partial charge on any atom is 0.358 e. The van der Waals surface area contributed by atoms with Gasteiger partial charge >= 0.3 is 5.97 Å². The highest BCUT2D eigenvalue weighted by molar-refractivity contribution is 7.98. The molecule has 0 atom stereocenters. The average molecular weight is 229 g/mol. The van der Waals surface area contributed by atoms with Gasteiger partial charge in [-0.15, -0.1) is 0 Å². The predicted molar refractivity (Wildman–Crippen MR) is 59.1 cm³/mol. The van der Waals surface area contributed by atoms with E-state index in [0.29, 0.717) is 11.5 Å². The summed E-state index contributed by atoms with van der Waals surface area (Å²) in [5, 5.41) is 12.1. The zero-order valence-electron chi connectivity index (χ0n) is 8.73. The fourth-order valence-corrected chi connectivity index (χ4v) is 2.00. The molecule has 0 fully saturated rings. The number of unbranched alkanes of at least 4 members (excludes halogenated alkanes) is 2. The lowest BCUT2D eigenvalue weighted by Gasteiger charge is -1.96. The topological polar surface area (TPSA) is 63.3 Å². The van der Waals surface area contributed by atoms with Gasteiger partial charge in [0.15, 0.2) is 5.69 Å². The van der Waals surface area contributed by atoms with Crippen molar-refractivity contribution in [3.8, 4) is 0 Å². The maximum absolute atomic E-state index is 10.5. The minimum atomic E-state index is -1.04. The van der Waals surface area contributed by atoms with Crippen molar-refractivity contribution in [1.29, 1.82) is 0 Å². The summed E-state index contributed by atoms with van der Waals surface area (Å²) >= 11 is 1.74. The molecule has 1 aromatic rings. The van der Waals surface area contributed by atoms with Crippen LogP contribution in [0.5, 0.6) is 0 Å². The van der Waals surface area contributed by atoms with Gasteiger partial charge in [-0.05, 0) is 12.2 Å². The number of hydrogen-bond acceptors (Lipinski definition) is 4. The average Bonchev–Trinajstić information content (AvgIpc) is 2.66. The Morgan fingerprint density at radius 2 is 2.40 bits per heavy atom. The first kappa shape index (κ1) is 12.1. The van der Waals surface area contributed by atoms with E-state index in [1.807, 2.05) is 0 Å². The van der Waals surface area contributed by atoms with Crippen LogP contribution in [0.15, 0.2) is 10.6 Å². The molecule has 0 saturated heterocycles. The maximum atomic E-state index is 10.5. The quantitative estimate of drug-likeness (QED) is 0.728. The zero-order chi connectivity index (χ0) is 11.1. The Labute approximate surface area is 93.0 Å². The number of thioether (sulfide) groups is 1. The predicted octanol–water partition coefficient (Wildman–Crippen LogP) is 2.80. The van der Waals surface area contributed by atoms with Crippen molar-refractivity contribution in [1.82, 2.24) is 5.16 Å². The molecule has 1 N–H and O–H groups in total. The Morgan fingerprint density at radius 3 is 3.00 bits per heavy atom. The van der Waals surface area contributed by atoms with Gasteiger partial charge in [-0.3, -0.25) is 0 Å². The summed E-state index contributed by atoms with van der Waals surface area (Å²) in [7, 11) is 0. The van der Waals surface area contributed by atoms with Crippen LogP contribution in [-0.2, 0) is 5.75 Å². The summed E-state index contributed by atoms with van der Waals surface area (Å²) in [5.41, 5.74) is -0.0147. The van der Waals surface area contributed by atoms with E-state index >= 15 is 0 Å². The van der Waals surface area contributed by atoms with Crippen LogP contribution in [0.4, 0.5) is 0 Å². The van der Waals surface area contributed by atoms with Crippen LogP contribution in [0.2, 0.25) is 0 Å². The number of carboxylic acids is 1. The Balaban J connectivity index is 2.23. The molecule has 0 bridgehead atoms. The zero-order valence-corrected chi connectivity index (χ0v) is 9.55. The molecule has 84 valence electrons. The molecule has 0 aromatic carbocycles. The van der Waals surface area contributed by atoms with E-state index in [1.54, 1.807) is 11.8 Å². The van der Waals surface area contributed by atoms with E-state index < -0.39 is 5.97 Å². The van der Waals surface area contributed by atoms with Gasteiger partial charge in [0.1, 0.15) is 5.76 Å². The Morgan fingerprint density at radius 1 is 1.60 bits per heavy atom. The molecule has 0 radical (unpaired) electrons. The van der Waals surface area contributed by atoms with E-state index in [1.165, 1.54) is 25.3 Å². The molecule has 0 saturated carbocycles. The lowest BCUT2D eigenvalue weighted by molar-refractivity contribution is 0.0685. The van der Waals surface area contributed by atoms with Crippen molar-refractivity contribution < 1.29 is 14.4 Å². The van der Waals surface area contributed by atoms with E-state index in [0.717, 1.165) is 5.75 Å². The monoisotopic (exact) mass is 229 g/mol. The van der Waals surface area contributed by atoms with Crippen molar-refractivity contribution in [2.45, 2.75) is 31.9 Å². The van der Waals surface area contributed by atoms with Gasteiger partial charge in [0.25, 0.3) is 0 Å². The number of aromatic nitrogens is 1. The van der Waals surface area contributed by atoms with Crippen molar-refractivity contribution in [2.75, 3.05) is 5.75 Å². The molecule has 0 amide bonds. The molecule has 15 heavy (non-hydrogen) atoms. The minimum absolute atomic E-state index is 0.0147. The SMILES string of the molecule is CCCCCSCc1cc(C(=O)O)no1. The Hall–Kier alpha value is -0.970. The number of hydrogen-bond donors (Lipinski definition) is 1. The summed E-state index contributed by atoms with van der Waals surface area (Å²) in [6.07, 6.45) is 3.65. The van der Waals surface area contributed by atoms with Gasteiger partial charge in [-0.2, -0.15) is 11.8 Å². The molecule has 0 aliphatic carbocycles. The molecule has 1 heterocycles. The van der Waals surface area contributed by atoms with Crippen LogP contribution >= 0.6 is 11.8 Å². The fourth-order valence-electron chi connectivity index (χ4n) is 1.11. The third kappa shape index (κ3) is 4.38. The highest BCUT2D eigenvalue weighted by Gasteiger charge is 2.09. The van der Waals surface area contributed by atoms with Crippen LogP contribution in [-0.4, -0.2) is 22.0 Å². The van der Waals surface area contributed by atoms with Gasteiger partial charge < -0.3 is 9.63 Å². The van der Waals surface area contributed by atoms with E-state index in [2.05, 4.69) is 12.1 Å². The van der Waals surface area contributed by atoms with Crippen molar-refractivity contribution >= 4 is 17.7 Å². The van der Waals surface area contributed by atoms with Gasteiger partial charge in [-0.1, -0.05) is 24.9 Å². The molecule has 4 nitrogen and oxygen atoms in total. The smallest absolute Gasteiger partial charge is 0.358 e. The standard InChI is InChI=1S/C10H15NO3S/c1-2-3-4-5-15-7-8-6-9(10(12)13)11-14-8/h6H,2-5,7H2,1H3,(H,12,13). The summed E-state index contributed by atoms with van der Waals surface area (Å²) in [5.74, 6) is 1.37. The van der Waals surface area contributed by atoms with Gasteiger partial charge in [-0.25, -0.2) is 4.79 Å². The molecule has 1 rings (SSSR count). The molecule has 0 aliphatic heterocycles. The lowest BCUT2D eigenvalue weighted by atomic mass is 10.3. The summed E-state index contributed by atoms with van der Waals surface area (Å²) < 4.78 is 4.88. The van der Waals surface area contributed by atoms with Gasteiger partial charge in [0.05, 0.1) is 5.75 Å². The highest BCUT2D eigenvalue weighted by atomic mass is 32.2. The number of carboxylic acid groups (broad SMARTS) is 1. The second kappa shape index (κ2) is 6.50. The Bertz CT molecular complexity index is 311. The highest BCUT2D eigenvalue weighted by Crippen LogP contribution is 2.15. The molecule has 1 aromatic heterocycles. The van der Waals surface area contributed by atoms with Crippen LogP contribution < -0.4 is 0 Å². The number of aromatic carboxylic acids is 1. The summed E-state index contributed by atoms with van der Waals surface area (Å²) in [6, 6.07) is 1.48. The van der Waals surface area contributed by atoms with E-state index in [4.69, 9.17) is 9.63 Å². The van der Waals surface area contributed by atoms with Crippen LogP contribution in [0.25, 0.3) is 0 Å². The van der Waals surface area contributed by atoms with Crippen molar-refractivity contribution in [2.24, 2.45) is 0 Å². The first-order chi connectivity index (χ1) is 7.24. The summed E-state index contributed by atoms with van der Waals surface area (Å²) in [6.45, 7) is 2.17. The molecule has 5 heteroatoms. The van der Waals surface area contributed by atoms with Gasteiger partial charge in [0.2, 0.25) is 0 Å². The summed E-state index contributed by atoms with van der Waals surface area (Å²) in [4.78, 5) is 10.5. The molecule has 0 unspecified atom stereocenters. The third-order valence-electron chi connectivity index (χ3n) is 1.91. The fraction of sp³-hybridized carbons (Fsp3) is 0.600. The molecular formula is C10H15NO3S. The second-order valence-corrected chi connectivity index (χ2v) is 4.35. The number of carbonyl (C=O) groups is 1. The minimum Gasteiger partial charge on any atom is -0.476 e. The normalized spacial score (nSPS) is 10.5. The first-order valence-electron chi connectivity index (χ1n) is 5.00. The molecular weight excluding hydrogens is 214 g/mol. The van der Waals surface area contributed by atoms with Crippen LogP contribution in [0.1, 0.15) is 42.4 Å². The first-order valence-corrected chi connectivity index (χ1v) is 6.16. The molecule has 0 aliphatic rings.